The molecule has 0 bridgehead atoms. The number of aliphatic hydroxyl groups excluding tert-OH is 1. The highest BCUT2D eigenvalue weighted by Crippen LogP contribution is 2.34. The third-order valence-electron chi connectivity index (χ3n) is 5.78. The van der Waals surface area contributed by atoms with Crippen LogP contribution < -0.4 is 9.47 Å². The van der Waals surface area contributed by atoms with E-state index in [1.165, 1.54) is 4.88 Å². The molecule has 0 saturated carbocycles. The summed E-state index contributed by atoms with van der Waals surface area (Å²) in [5, 5.41) is 12.4. The Balaban J connectivity index is 1.70. The van der Waals surface area contributed by atoms with Crippen LogP contribution in [0.1, 0.15) is 29.3 Å². The van der Waals surface area contributed by atoms with Gasteiger partial charge < -0.3 is 19.5 Å². The summed E-state index contributed by atoms with van der Waals surface area (Å²) in [6.45, 7) is 9.73. The molecule has 2 unspecified atom stereocenters. The molecular formula is C26H34N2O4S. The minimum Gasteiger partial charge on any atom is -0.497 e. The van der Waals surface area contributed by atoms with Crippen LogP contribution in [-0.4, -0.2) is 66.8 Å². The van der Waals surface area contributed by atoms with Gasteiger partial charge in [0.2, 0.25) is 5.91 Å². The molecule has 0 spiro atoms. The van der Waals surface area contributed by atoms with Crippen molar-refractivity contribution >= 4 is 17.2 Å². The molecule has 178 valence electrons. The SMILES string of the molecule is C=CCCC(O)CN(CC=C)CC(=O)N1CCc2sccc2C1COc1cccc(OC)c1. The Morgan fingerprint density at radius 1 is 1.33 bits per heavy atom. The standard InChI is InChI=1S/C26H34N2O4S/c1-4-6-8-20(29)17-27(13-5-2)18-26(30)28-14-11-25-23(12-15-33-25)24(28)19-32-22-10-7-9-21(16-22)31-3/h4-5,7,9-10,12,15-16,20,24,29H,1-2,6,8,11,13-14,17-19H2,3H3. The minimum absolute atomic E-state index is 0.0314. The zero-order chi connectivity index (χ0) is 23.6. The van der Waals surface area contributed by atoms with Crippen molar-refractivity contribution in [2.24, 2.45) is 0 Å². The lowest BCUT2D eigenvalue weighted by atomic mass is 10.0. The van der Waals surface area contributed by atoms with E-state index in [-0.39, 0.29) is 18.5 Å². The van der Waals surface area contributed by atoms with Gasteiger partial charge in [0.05, 0.1) is 25.8 Å². The first-order valence-electron chi connectivity index (χ1n) is 11.3. The quantitative estimate of drug-likeness (QED) is 0.447. The number of allylic oxidation sites excluding steroid dienone is 1. The van der Waals surface area contributed by atoms with Crippen LogP contribution in [0.15, 0.2) is 61.0 Å². The Labute approximate surface area is 200 Å². The van der Waals surface area contributed by atoms with E-state index in [2.05, 4.69) is 24.6 Å². The van der Waals surface area contributed by atoms with Crippen LogP contribution in [0.2, 0.25) is 0 Å². The summed E-state index contributed by atoms with van der Waals surface area (Å²) in [5.41, 5.74) is 1.16. The lowest BCUT2D eigenvalue weighted by molar-refractivity contribution is -0.136. The number of ether oxygens (including phenoxy) is 2. The number of methoxy groups -OCH3 is 1. The highest BCUT2D eigenvalue weighted by molar-refractivity contribution is 7.10. The van der Waals surface area contributed by atoms with Gasteiger partial charge in [-0.2, -0.15) is 0 Å². The second-order valence-corrected chi connectivity index (χ2v) is 9.15. The highest BCUT2D eigenvalue weighted by atomic mass is 32.1. The van der Waals surface area contributed by atoms with E-state index in [1.807, 2.05) is 34.1 Å². The van der Waals surface area contributed by atoms with Crippen molar-refractivity contribution in [3.05, 3.63) is 71.5 Å². The number of carbonyl (C=O) groups excluding carboxylic acids is 1. The molecule has 0 saturated heterocycles. The van der Waals surface area contributed by atoms with Gasteiger partial charge in [-0.15, -0.1) is 24.5 Å². The van der Waals surface area contributed by atoms with E-state index in [0.29, 0.717) is 38.4 Å². The van der Waals surface area contributed by atoms with Gasteiger partial charge in [-0.1, -0.05) is 18.2 Å². The monoisotopic (exact) mass is 470 g/mol. The van der Waals surface area contributed by atoms with E-state index < -0.39 is 6.10 Å². The largest absolute Gasteiger partial charge is 0.497 e. The van der Waals surface area contributed by atoms with Crippen molar-refractivity contribution in [2.75, 3.05) is 39.9 Å². The molecular weight excluding hydrogens is 436 g/mol. The predicted molar refractivity (Wildman–Crippen MR) is 133 cm³/mol. The van der Waals surface area contributed by atoms with Crippen LogP contribution in [0.3, 0.4) is 0 Å². The third-order valence-corrected chi connectivity index (χ3v) is 6.78. The molecule has 1 amide bonds. The molecule has 0 aliphatic carbocycles. The van der Waals surface area contributed by atoms with Crippen molar-refractivity contribution < 1.29 is 19.4 Å². The minimum atomic E-state index is -0.507. The van der Waals surface area contributed by atoms with Crippen LogP contribution in [0.5, 0.6) is 11.5 Å². The maximum Gasteiger partial charge on any atom is 0.237 e. The molecule has 0 radical (unpaired) electrons. The molecule has 1 aromatic heterocycles. The van der Waals surface area contributed by atoms with Gasteiger partial charge in [-0.25, -0.2) is 0 Å². The van der Waals surface area contributed by atoms with Crippen LogP contribution in [0.4, 0.5) is 0 Å². The van der Waals surface area contributed by atoms with Gasteiger partial charge in [0, 0.05) is 30.6 Å². The van der Waals surface area contributed by atoms with Gasteiger partial charge >= 0.3 is 0 Å². The maximum absolute atomic E-state index is 13.4. The molecule has 2 atom stereocenters. The average molecular weight is 471 g/mol. The summed E-state index contributed by atoms with van der Waals surface area (Å²) in [6.07, 6.45) is 5.28. The molecule has 1 N–H and O–H groups in total. The Morgan fingerprint density at radius 3 is 2.91 bits per heavy atom. The lowest BCUT2D eigenvalue weighted by Gasteiger charge is -2.37. The molecule has 33 heavy (non-hydrogen) atoms. The van der Waals surface area contributed by atoms with E-state index in [4.69, 9.17) is 9.47 Å². The Bertz CT molecular complexity index is 929. The summed E-state index contributed by atoms with van der Waals surface area (Å²) in [6, 6.07) is 9.44. The van der Waals surface area contributed by atoms with Crippen molar-refractivity contribution in [2.45, 2.75) is 31.4 Å². The Hall–Kier alpha value is -2.61. The number of benzene rings is 1. The lowest BCUT2D eigenvalue weighted by Crippen LogP contribution is -2.47. The zero-order valence-electron chi connectivity index (χ0n) is 19.3. The smallest absolute Gasteiger partial charge is 0.237 e. The number of aliphatic hydroxyl groups is 1. The molecule has 1 aliphatic heterocycles. The van der Waals surface area contributed by atoms with Gasteiger partial charge in [0.25, 0.3) is 0 Å². The molecule has 7 heteroatoms. The molecule has 1 aliphatic rings. The van der Waals surface area contributed by atoms with Gasteiger partial charge in [-0.05, 0) is 48.4 Å². The number of fused-ring (bicyclic) bond motifs is 1. The normalized spacial score (nSPS) is 16.2. The van der Waals surface area contributed by atoms with E-state index in [9.17, 15) is 9.90 Å². The number of thiophene rings is 1. The number of nitrogens with zero attached hydrogens (tertiary/aromatic N) is 2. The number of amides is 1. The first-order chi connectivity index (χ1) is 16.0. The second kappa shape index (κ2) is 12.6. The summed E-state index contributed by atoms with van der Waals surface area (Å²) in [4.78, 5) is 18.6. The molecule has 2 aromatic rings. The Morgan fingerprint density at radius 2 is 2.15 bits per heavy atom. The summed E-state index contributed by atoms with van der Waals surface area (Å²) in [5.74, 6) is 1.47. The van der Waals surface area contributed by atoms with E-state index in [0.717, 1.165) is 24.2 Å². The topological polar surface area (TPSA) is 62.2 Å². The Kier molecular flexibility index (Phi) is 9.54. The zero-order valence-corrected chi connectivity index (χ0v) is 20.1. The van der Waals surface area contributed by atoms with E-state index in [1.54, 1.807) is 30.6 Å². The van der Waals surface area contributed by atoms with Crippen LogP contribution >= 0.6 is 11.3 Å². The van der Waals surface area contributed by atoms with Crippen LogP contribution in [0.25, 0.3) is 0 Å². The van der Waals surface area contributed by atoms with Crippen LogP contribution in [0, 0.1) is 0 Å². The molecule has 6 nitrogen and oxygen atoms in total. The van der Waals surface area contributed by atoms with Gasteiger partial charge in [0.15, 0.2) is 0 Å². The third kappa shape index (κ3) is 6.93. The predicted octanol–water partition coefficient (Wildman–Crippen LogP) is 4.08. The summed E-state index contributed by atoms with van der Waals surface area (Å²) >= 11 is 1.73. The van der Waals surface area contributed by atoms with Crippen molar-refractivity contribution in [1.82, 2.24) is 9.80 Å². The fourth-order valence-corrected chi connectivity index (χ4v) is 5.04. The van der Waals surface area contributed by atoms with E-state index >= 15 is 0 Å². The van der Waals surface area contributed by atoms with Gasteiger partial charge in [0.1, 0.15) is 18.1 Å². The van der Waals surface area contributed by atoms with Crippen molar-refractivity contribution in [3.8, 4) is 11.5 Å². The summed E-state index contributed by atoms with van der Waals surface area (Å²) < 4.78 is 11.4. The first kappa shape index (κ1) is 25.0. The fraction of sp³-hybridized carbons (Fsp3) is 0.423. The first-order valence-corrected chi connectivity index (χ1v) is 12.2. The molecule has 3 rings (SSSR count). The second-order valence-electron chi connectivity index (χ2n) is 8.14. The molecule has 1 aromatic carbocycles. The molecule has 2 heterocycles. The average Bonchev–Trinajstić information content (AvgIpc) is 3.30. The molecule has 0 fully saturated rings. The van der Waals surface area contributed by atoms with Crippen molar-refractivity contribution in [1.29, 1.82) is 0 Å². The number of hydrogen-bond donors (Lipinski definition) is 1. The maximum atomic E-state index is 13.4. The van der Waals surface area contributed by atoms with Gasteiger partial charge in [-0.3, -0.25) is 9.69 Å². The number of carbonyl (C=O) groups is 1. The fourth-order valence-electron chi connectivity index (χ4n) is 4.11. The number of rotatable bonds is 13. The van der Waals surface area contributed by atoms with Crippen molar-refractivity contribution in [3.63, 3.8) is 0 Å². The van der Waals surface area contributed by atoms with Crippen LogP contribution in [-0.2, 0) is 11.2 Å². The summed E-state index contributed by atoms with van der Waals surface area (Å²) in [7, 11) is 1.63. The highest BCUT2D eigenvalue weighted by Gasteiger charge is 2.33. The number of hydrogen-bond acceptors (Lipinski definition) is 6.